The number of benzene rings is 1. The largest absolute Gasteiger partial charge is 0.494 e. The molecule has 1 heterocycles. The standard InChI is InChI=1S/C16H17BrN2O4/c1-2-22-12-5-3-11(4-6-12)15(20)18-9-10-19-16(21)13-7-8-14(17)23-13/h3-8H,2,9-10H2,1H3,(H,18,20)(H,19,21). The summed E-state index contributed by atoms with van der Waals surface area (Å²) >= 11 is 3.13. The lowest BCUT2D eigenvalue weighted by Gasteiger charge is -2.07. The molecule has 0 radical (unpaired) electrons. The average Bonchev–Trinajstić information content (AvgIpc) is 2.99. The van der Waals surface area contributed by atoms with Crippen molar-refractivity contribution < 1.29 is 18.7 Å². The predicted molar refractivity (Wildman–Crippen MR) is 88.7 cm³/mol. The molecular weight excluding hydrogens is 364 g/mol. The van der Waals surface area contributed by atoms with Crippen molar-refractivity contribution in [1.29, 1.82) is 0 Å². The zero-order valence-electron chi connectivity index (χ0n) is 12.6. The van der Waals surface area contributed by atoms with Crippen molar-refractivity contribution in [2.45, 2.75) is 6.92 Å². The van der Waals surface area contributed by atoms with Gasteiger partial charge in [-0.15, -0.1) is 0 Å². The first-order chi connectivity index (χ1) is 11.1. The Kier molecular flexibility index (Phi) is 6.22. The van der Waals surface area contributed by atoms with Gasteiger partial charge in [-0.3, -0.25) is 9.59 Å². The molecule has 23 heavy (non-hydrogen) atoms. The molecular formula is C16H17BrN2O4. The van der Waals surface area contributed by atoms with Crippen LogP contribution in [-0.2, 0) is 0 Å². The van der Waals surface area contributed by atoms with Crippen molar-refractivity contribution in [3.63, 3.8) is 0 Å². The number of halogens is 1. The molecule has 0 atom stereocenters. The number of hydrogen-bond acceptors (Lipinski definition) is 4. The summed E-state index contributed by atoms with van der Waals surface area (Å²) in [6.45, 7) is 3.10. The number of carbonyl (C=O) groups is 2. The Balaban J connectivity index is 1.73. The van der Waals surface area contributed by atoms with E-state index >= 15 is 0 Å². The van der Waals surface area contributed by atoms with Crippen LogP contribution in [0.4, 0.5) is 0 Å². The summed E-state index contributed by atoms with van der Waals surface area (Å²) in [6, 6.07) is 10.1. The van der Waals surface area contributed by atoms with E-state index in [1.807, 2.05) is 6.92 Å². The second-order valence-corrected chi connectivity index (χ2v) is 5.35. The maximum absolute atomic E-state index is 11.9. The molecule has 0 unspecified atom stereocenters. The number of carbonyl (C=O) groups excluding carboxylic acids is 2. The van der Waals surface area contributed by atoms with Crippen LogP contribution in [0.15, 0.2) is 45.5 Å². The van der Waals surface area contributed by atoms with Gasteiger partial charge in [0.1, 0.15) is 5.75 Å². The van der Waals surface area contributed by atoms with Gasteiger partial charge in [-0.05, 0) is 59.3 Å². The lowest BCUT2D eigenvalue weighted by molar-refractivity contribution is 0.0909. The van der Waals surface area contributed by atoms with Crippen molar-refractivity contribution in [2.24, 2.45) is 0 Å². The van der Waals surface area contributed by atoms with E-state index in [0.29, 0.717) is 29.9 Å². The highest BCUT2D eigenvalue weighted by molar-refractivity contribution is 9.10. The van der Waals surface area contributed by atoms with Gasteiger partial charge in [0.2, 0.25) is 0 Å². The minimum absolute atomic E-state index is 0.206. The first-order valence-corrected chi connectivity index (χ1v) is 7.94. The van der Waals surface area contributed by atoms with Crippen molar-refractivity contribution in [2.75, 3.05) is 19.7 Å². The second-order valence-electron chi connectivity index (χ2n) is 4.57. The molecule has 2 N–H and O–H groups in total. The zero-order chi connectivity index (χ0) is 16.7. The molecule has 1 aromatic heterocycles. The molecule has 7 heteroatoms. The van der Waals surface area contributed by atoms with Crippen molar-refractivity contribution in [1.82, 2.24) is 10.6 Å². The van der Waals surface area contributed by atoms with Crippen LogP contribution in [-0.4, -0.2) is 31.5 Å². The predicted octanol–water partition coefficient (Wildman–Crippen LogP) is 2.60. The minimum Gasteiger partial charge on any atom is -0.494 e. The number of nitrogens with one attached hydrogen (secondary N) is 2. The van der Waals surface area contributed by atoms with Crippen LogP contribution in [0.3, 0.4) is 0 Å². The Morgan fingerprint density at radius 3 is 2.26 bits per heavy atom. The van der Waals surface area contributed by atoms with Crippen LogP contribution in [0.25, 0.3) is 0 Å². The van der Waals surface area contributed by atoms with Gasteiger partial charge in [0.15, 0.2) is 10.4 Å². The van der Waals surface area contributed by atoms with E-state index in [4.69, 9.17) is 9.15 Å². The molecule has 0 spiro atoms. The Hall–Kier alpha value is -2.28. The fourth-order valence-electron chi connectivity index (χ4n) is 1.85. The molecule has 0 aliphatic carbocycles. The molecule has 122 valence electrons. The van der Waals surface area contributed by atoms with E-state index in [1.54, 1.807) is 36.4 Å². The van der Waals surface area contributed by atoms with Crippen LogP contribution < -0.4 is 15.4 Å². The van der Waals surface area contributed by atoms with Gasteiger partial charge in [0.25, 0.3) is 11.8 Å². The van der Waals surface area contributed by atoms with Crippen LogP contribution in [0.5, 0.6) is 5.75 Å². The number of hydrogen-bond donors (Lipinski definition) is 2. The number of rotatable bonds is 7. The second kappa shape index (κ2) is 8.38. The molecule has 0 bridgehead atoms. The summed E-state index contributed by atoms with van der Waals surface area (Å²) in [7, 11) is 0. The Morgan fingerprint density at radius 1 is 1.04 bits per heavy atom. The van der Waals surface area contributed by atoms with E-state index in [-0.39, 0.29) is 17.6 Å². The first-order valence-electron chi connectivity index (χ1n) is 7.14. The topological polar surface area (TPSA) is 80.6 Å². The Bertz CT molecular complexity index is 667. The van der Waals surface area contributed by atoms with Gasteiger partial charge in [-0.2, -0.15) is 0 Å². The quantitative estimate of drug-likeness (QED) is 0.723. The highest BCUT2D eigenvalue weighted by Gasteiger charge is 2.10. The molecule has 2 rings (SSSR count). The van der Waals surface area contributed by atoms with Crippen molar-refractivity contribution in [3.8, 4) is 5.75 Å². The van der Waals surface area contributed by atoms with E-state index in [2.05, 4.69) is 26.6 Å². The van der Waals surface area contributed by atoms with Crippen LogP contribution in [0.1, 0.15) is 27.8 Å². The molecule has 0 saturated carbocycles. The third kappa shape index (κ3) is 5.14. The zero-order valence-corrected chi connectivity index (χ0v) is 14.2. The highest BCUT2D eigenvalue weighted by atomic mass is 79.9. The Morgan fingerprint density at radius 2 is 1.70 bits per heavy atom. The fraction of sp³-hybridized carbons (Fsp3) is 0.250. The molecule has 0 saturated heterocycles. The summed E-state index contributed by atoms with van der Waals surface area (Å²) in [4.78, 5) is 23.7. The van der Waals surface area contributed by atoms with Crippen LogP contribution in [0.2, 0.25) is 0 Å². The molecule has 2 aromatic rings. The first kappa shape index (κ1) is 17.1. The summed E-state index contributed by atoms with van der Waals surface area (Å²) in [6.07, 6.45) is 0. The highest BCUT2D eigenvalue weighted by Crippen LogP contribution is 2.13. The lowest BCUT2D eigenvalue weighted by atomic mass is 10.2. The van der Waals surface area contributed by atoms with Gasteiger partial charge < -0.3 is 19.8 Å². The van der Waals surface area contributed by atoms with Gasteiger partial charge in [0.05, 0.1) is 6.61 Å². The maximum Gasteiger partial charge on any atom is 0.287 e. The van der Waals surface area contributed by atoms with Gasteiger partial charge in [0, 0.05) is 18.7 Å². The van der Waals surface area contributed by atoms with E-state index in [1.165, 1.54) is 0 Å². The SMILES string of the molecule is CCOc1ccc(C(=O)NCCNC(=O)c2ccc(Br)o2)cc1. The monoisotopic (exact) mass is 380 g/mol. The van der Waals surface area contributed by atoms with E-state index < -0.39 is 0 Å². The number of amides is 2. The summed E-state index contributed by atoms with van der Waals surface area (Å²) in [5, 5.41) is 5.38. The van der Waals surface area contributed by atoms with Crippen molar-refractivity contribution >= 4 is 27.7 Å². The third-order valence-electron chi connectivity index (χ3n) is 2.92. The summed E-state index contributed by atoms with van der Waals surface area (Å²) in [5.74, 6) is 0.407. The number of ether oxygens (including phenoxy) is 1. The third-order valence-corrected chi connectivity index (χ3v) is 3.35. The lowest BCUT2D eigenvalue weighted by Crippen LogP contribution is -2.34. The van der Waals surface area contributed by atoms with E-state index in [0.717, 1.165) is 5.75 Å². The maximum atomic E-state index is 11.9. The van der Waals surface area contributed by atoms with E-state index in [9.17, 15) is 9.59 Å². The minimum atomic E-state index is -0.328. The van der Waals surface area contributed by atoms with Gasteiger partial charge >= 0.3 is 0 Å². The number of furan rings is 1. The van der Waals surface area contributed by atoms with Gasteiger partial charge in [-0.25, -0.2) is 0 Å². The molecule has 1 aromatic carbocycles. The molecule has 0 aliphatic rings. The van der Waals surface area contributed by atoms with Crippen molar-refractivity contribution in [3.05, 3.63) is 52.4 Å². The molecule has 2 amide bonds. The molecule has 6 nitrogen and oxygen atoms in total. The fourth-order valence-corrected chi connectivity index (χ4v) is 2.15. The van der Waals surface area contributed by atoms with Crippen LogP contribution >= 0.6 is 15.9 Å². The molecule has 0 fully saturated rings. The summed E-state index contributed by atoms with van der Waals surface area (Å²) < 4.78 is 10.9. The smallest absolute Gasteiger partial charge is 0.287 e. The summed E-state index contributed by atoms with van der Waals surface area (Å²) in [5.41, 5.74) is 0.537. The average molecular weight is 381 g/mol. The molecule has 0 aliphatic heterocycles. The Labute approximate surface area is 142 Å². The normalized spacial score (nSPS) is 10.2. The van der Waals surface area contributed by atoms with Gasteiger partial charge in [-0.1, -0.05) is 0 Å². The van der Waals surface area contributed by atoms with Crippen LogP contribution in [0, 0.1) is 0 Å².